The quantitative estimate of drug-likeness (QED) is 0.808. The summed E-state index contributed by atoms with van der Waals surface area (Å²) in [5.41, 5.74) is 2.06. The van der Waals surface area contributed by atoms with E-state index >= 15 is 0 Å². The highest BCUT2D eigenvalue weighted by molar-refractivity contribution is 6.33. The Morgan fingerprint density at radius 2 is 1.83 bits per heavy atom. The molecule has 23 heavy (non-hydrogen) atoms. The fourth-order valence-corrected chi connectivity index (χ4v) is 3.09. The van der Waals surface area contributed by atoms with E-state index in [1.54, 1.807) is 24.3 Å². The van der Waals surface area contributed by atoms with E-state index < -0.39 is 5.60 Å². The van der Waals surface area contributed by atoms with Crippen molar-refractivity contribution in [3.8, 4) is 0 Å². The van der Waals surface area contributed by atoms with E-state index in [-0.39, 0.29) is 12.6 Å². The third kappa shape index (κ3) is 3.84. The summed E-state index contributed by atoms with van der Waals surface area (Å²) in [6.07, 6.45) is 2.01. The molecule has 0 saturated heterocycles. The lowest BCUT2D eigenvalue weighted by molar-refractivity contribution is 0.0295. The van der Waals surface area contributed by atoms with Crippen molar-refractivity contribution in [1.82, 2.24) is 5.32 Å². The lowest BCUT2D eigenvalue weighted by atomic mass is 9.80. The number of amides is 2. The number of fused-ring (bicyclic) bond motifs is 1. The highest BCUT2D eigenvalue weighted by Crippen LogP contribution is 2.28. The zero-order chi connectivity index (χ0) is 16.3. The first kappa shape index (κ1) is 15.8. The van der Waals surface area contributed by atoms with Crippen molar-refractivity contribution in [1.29, 1.82) is 0 Å². The van der Waals surface area contributed by atoms with Gasteiger partial charge in [-0.1, -0.05) is 48.0 Å². The molecule has 0 bridgehead atoms. The smallest absolute Gasteiger partial charge is 0.319 e. The van der Waals surface area contributed by atoms with Gasteiger partial charge in [-0.15, -0.1) is 0 Å². The lowest BCUT2D eigenvalue weighted by Gasteiger charge is -2.33. The number of anilines is 1. The molecule has 0 radical (unpaired) electrons. The number of urea groups is 1. The van der Waals surface area contributed by atoms with Crippen LogP contribution in [0.3, 0.4) is 0 Å². The topological polar surface area (TPSA) is 61.4 Å². The van der Waals surface area contributed by atoms with Crippen molar-refractivity contribution in [2.75, 3.05) is 11.9 Å². The standard InChI is InChI=1S/C18H19ClN2O2/c19-15-7-3-4-8-16(15)21-17(22)20-12-18(23)10-9-13-5-1-2-6-14(13)11-18/h1-8,23H,9-12H2,(H2,20,21,22). The molecular formula is C18H19ClN2O2. The zero-order valence-electron chi connectivity index (χ0n) is 12.7. The Kier molecular flexibility index (Phi) is 4.55. The van der Waals surface area contributed by atoms with E-state index in [0.29, 0.717) is 23.6 Å². The number of carbonyl (C=O) groups is 1. The number of hydrogen-bond donors (Lipinski definition) is 3. The highest BCUT2D eigenvalue weighted by atomic mass is 35.5. The molecule has 0 aliphatic heterocycles. The second kappa shape index (κ2) is 6.60. The zero-order valence-corrected chi connectivity index (χ0v) is 13.4. The van der Waals surface area contributed by atoms with Crippen molar-refractivity contribution in [2.24, 2.45) is 0 Å². The molecule has 2 aromatic rings. The number of benzene rings is 2. The van der Waals surface area contributed by atoms with Gasteiger partial charge in [0.15, 0.2) is 0 Å². The van der Waals surface area contributed by atoms with Crippen LogP contribution >= 0.6 is 11.6 Å². The Balaban J connectivity index is 1.58. The van der Waals surface area contributed by atoms with Crippen LogP contribution in [0.1, 0.15) is 17.5 Å². The average molecular weight is 331 g/mol. The first-order valence-corrected chi connectivity index (χ1v) is 8.02. The van der Waals surface area contributed by atoms with Crippen molar-refractivity contribution in [2.45, 2.75) is 24.9 Å². The minimum atomic E-state index is -0.911. The molecule has 3 rings (SSSR count). The normalized spacial score (nSPS) is 19.7. The maximum atomic E-state index is 12.0. The van der Waals surface area contributed by atoms with E-state index in [9.17, 15) is 9.90 Å². The number of nitrogens with one attached hydrogen (secondary N) is 2. The van der Waals surface area contributed by atoms with Crippen molar-refractivity contribution >= 4 is 23.3 Å². The van der Waals surface area contributed by atoms with Crippen LogP contribution in [-0.4, -0.2) is 23.3 Å². The molecule has 120 valence electrons. The summed E-state index contributed by atoms with van der Waals surface area (Å²) in [4.78, 5) is 12.0. The minimum absolute atomic E-state index is 0.206. The fourth-order valence-electron chi connectivity index (χ4n) is 2.91. The summed E-state index contributed by atoms with van der Waals surface area (Å²) < 4.78 is 0. The molecular weight excluding hydrogens is 312 g/mol. The summed E-state index contributed by atoms with van der Waals surface area (Å²) in [5.74, 6) is 0. The Labute approximate surface area is 140 Å². The number of carbonyl (C=O) groups excluding carboxylic acids is 1. The van der Waals surface area contributed by atoms with Crippen LogP contribution in [-0.2, 0) is 12.8 Å². The average Bonchev–Trinajstić information content (AvgIpc) is 2.55. The van der Waals surface area contributed by atoms with Gasteiger partial charge in [0.25, 0.3) is 0 Å². The minimum Gasteiger partial charge on any atom is -0.388 e. The summed E-state index contributed by atoms with van der Waals surface area (Å²) in [6.45, 7) is 0.206. The van der Waals surface area contributed by atoms with Crippen LogP contribution in [0.15, 0.2) is 48.5 Å². The molecule has 1 aliphatic rings. The summed E-state index contributed by atoms with van der Waals surface area (Å²) in [6, 6.07) is 14.8. The Hall–Kier alpha value is -2.04. The third-order valence-electron chi connectivity index (χ3n) is 4.20. The van der Waals surface area contributed by atoms with Crippen LogP contribution in [0.5, 0.6) is 0 Å². The third-order valence-corrected chi connectivity index (χ3v) is 4.53. The number of aryl methyl sites for hydroxylation is 1. The summed E-state index contributed by atoms with van der Waals surface area (Å²) >= 11 is 6.01. The summed E-state index contributed by atoms with van der Waals surface area (Å²) in [7, 11) is 0. The number of para-hydroxylation sites is 1. The van der Waals surface area contributed by atoms with Crippen LogP contribution in [0, 0.1) is 0 Å². The van der Waals surface area contributed by atoms with Gasteiger partial charge in [-0.3, -0.25) is 0 Å². The number of rotatable bonds is 3. The van der Waals surface area contributed by atoms with Gasteiger partial charge in [0, 0.05) is 13.0 Å². The van der Waals surface area contributed by atoms with Gasteiger partial charge in [-0.05, 0) is 36.1 Å². The molecule has 3 N–H and O–H groups in total. The molecule has 2 aromatic carbocycles. The predicted octanol–water partition coefficient (Wildman–Crippen LogP) is 3.38. The van der Waals surface area contributed by atoms with Crippen LogP contribution in [0.4, 0.5) is 10.5 Å². The molecule has 1 aliphatic carbocycles. The second-order valence-electron chi connectivity index (χ2n) is 5.96. The monoisotopic (exact) mass is 330 g/mol. The Bertz CT molecular complexity index is 720. The first-order chi connectivity index (χ1) is 11.1. The molecule has 0 spiro atoms. The molecule has 2 amide bonds. The van der Waals surface area contributed by atoms with E-state index in [2.05, 4.69) is 16.7 Å². The van der Waals surface area contributed by atoms with E-state index in [1.165, 1.54) is 5.56 Å². The maximum Gasteiger partial charge on any atom is 0.319 e. The summed E-state index contributed by atoms with van der Waals surface area (Å²) in [5, 5.41) is 16.6. The molecule has 1 unspecified atom stereocenters. The van der Waals surface area contributed by atoms with Crippen molar-refractivity contribution < 1.29 is 9.90 Å². The largest absolute Gasteiger partial charge is 0.388 e. The fraction of sp³-hybridized carbons (Fsp3) is 0.278. The van der Waals surface area contributed by atoms with E-state index in [4.69, 9.17) is 11.6 Å². The van der Waals surface area contributed by atoms with Crippen LogP contribution in [0.25, 0.3) is 0 Å². The SMILES string of the molecule is O=C(NCC1(O)CCc2ccccc2C1)Nc1ccccc1Cl. The Morgan fingerprint density at radius 3 is 2.61 bits per heavy atom. The lowest BCUT2D eigenvalue weighted by Crippen LogP contribution is -2.47. The van der Waals surface area contributed by atoms with Gasteiger partial charge in [0.1, 0.15) is 0 Å². The van der Waals surface area contributed by atoms with Crippen molar-refractivity contribution in [3.63, 3.8) is 0 Å². The maximum absolute atomic E-state index is 12.0. The van der Waals surface area contributed by atoms with E-state index in [0.717, 1.165) is 12.0 Å². The molecule has 0 saturated carbocycles. The van der Waals surface area contributed by atoms with Crippen LogP contribution in [0.2, 0.25) is 5.02 Å². The van der Waals surface area contributed by atoms with E-state index in [1.807, 2.05) is 18.2 Å². The van der Waals surface area contributed by atoms with Crippen molar-refractivity contribution in [3.05, 3.63) is 64.7 Å². The molecule has 0 heterocycles. The Morgan fingerprint density at radius 1 is 1.13 bits per heavy atom. The van der Waals surface area contributed by atoms with Gasteiger partial charge < -0.3 is 15.7 Å². The van der Waals surface area contributed by atoms with Gasteiger partial charge in [0.05, 0.1) is 16.3 Å². The van der Waals surface area contributed by atoms with Gasteiger partial charge in [-0.2, -0.15) is 0 Å². The van der Waals surface area contributed by atoms with Crippen LogP contribution < -0.4 is 10.6 Å². The number of aliphatic hydroxyl groups is 1. The molecule has 0 fully saturated rings. The molecule has 5 heteroatoms. The predicted molar refractivity (Wildman–Crippen MR) is 91.9 cm³/mol. The van der Waals surface area contributed by atoms with Gasteiger partial charge in [0.2, 0.25) is 0 Å². The van der Waals surface area contributed by atoms with Gasteiger partial charge in [-0.25, -0.2) is 4.79 Å². The number of hydrogen-bond acceptors (Lipinski definition) is 2. The second-order valence-corrected chi connectivity index (χ2v) is 6.36. The highest BCUT2D eigenvalue weighted by Gasteiger charge is 2.32. The van der Waals surface area contributed by atoms with Gasteiger partial charge >= 0.3 is 6.03 Å². The molecule has 4 nitrogen and oxygen atoms in total. The first-order valence-electron chi connectivity index (χ1n) is 7.64. The number of halogens is 1. The molecule has 1 atom stereocenters. The molecule has 0 aromatic heterocycles.